The van der Waals surface area contributed by atoms with Crippen molar-refractivity contribution in [1.82, 2.24) is 28.7 Å². The molecule has 0 aliphatic carbocycles. The number of nitrogens with one attached hydrogen (secondary N) is 1. The molecule has 29 heavy (non-hydrogen) atoms. The molecule has 4 heterocycles. The van der Waals surface area contributed by atoms with E-state index >= 15 is 0 Å². The highest BCUT2D eigenvalue weighted by Gasteiger charge is 2.50. The van der Waals surface area contributed by atoms with E-state index in [1.165, 1.54) is 4.31 Å². The summed E-state index contributed by atoms with van der Waals surface area (Å²) in [5.74, 6) is 0.934. The fourth-order valence-corrected chi connectivity index (χ4v) is 4.77. The second kappa shape index (κ2) is 6.71. The molecule has 11 nitrogen and oxygen atoms in total. The van der Waals surface area contributed by atoms with Crippen LogP contribution in [0.2, 0.25) is 0 Å². The van der Waals surface area contributed by atoms with E-state index in [9.17, 15) is 13.7 Å². The number of nitrogens with zero attached hydrogens (tertiary/aromatic N) is 7. The highest BCUT2D eigenvalue weighted by Crippen LogP contribution is 2.37. The van der Waals surface area contributed by atoms with Crippen molar-refractivity contribution in [3.05, 3.63) is 24.5 Å². The maximum Gasteiger partial charge on any atom is 0.213 e. The maximum atomic E-state index is 12.1. The molecule has 1 saturated heterocycles. The van der Waals surface area contributed by atoms with E-state index in [1.807, 2.05) is 6.07 Å². The van der Waals surface area contributed by atoms with Gasteiger partial charge in [0.15, 0.2) is 11.5 Å². The molecule has 12 heteroatoms. The van der Waals surface area contributed by atoms with E-state index < -0.39 is 15.6 Å². The molecular formula is C17H21N9O2S. The zero-order valence-electron chi connectivity index (χ0n) is 16.1. The number of aromatic nitrogens is 5. The summed E-state index contributed by atoms with van der Waals surface area (Å²) >= 11 is 0. The molecule has 3 N–H and O–H groups in total. The Bertz CT molecular complexity index is 1220. The van der Waals surface area contributed by atoms with Gasteiger partial charge in [0.2, 0.25) is 10.0 Å². The summed E-state index contributed by atoms with van der Waals surface area (Å²) in [5.41, 5.74) is 7.44. The molecule has 3 aromatic rings. The van der Waals surface area contributed by atoms with Gasteiger partial charge in [0, 0.05) is 38.5 Å². The Morgan fingerprint density at radius 1 is 1.41 bits per heavy atom. The van der Waals surface area contributed by atoms with Crippen LogP contribution in [-0.2, 0) is 15.6 Å². The number of nitrogen functional groups attached to an aromatic ring is 1. The van der Waals surface area contributed by atoms with Crippen molar-refractivity contribution >= 4 is 27.3 Å². The second-order valence-electron chi connectivity index (χ2n) is 6.98. The quantitative estimate of drug-likeness (QED) is 0.591. The summed E-state index contributed by atoms with van der Waals surface area (Å²) in [7, 11) is -1.56. The smallest absolute Gasteiger partial charge is 0.213 e. The summed E-state index contributed by atoms with van der Waals surface area (Å²) in [6, 6.07) is 5.74. The molecule has 1 aliphatic heterocycles. The van der Waals surface area contributed by atoms with Crippen LogP contribution in [0.25, 0.3) is 16.9 Å². The van der Waals surface area contributed by atoms with Gasteiger partial charge in [0.05, 0.1) is 35.7 Å². The minimum absolute atomic E-state index is 0.0171. The number of rotatable bonds is 6. The van der Waals surface area contributed by atoms with Gasteiger partial charge >= 0.3 is 0 Å². The molecule has 0 atom stereocenters. The van der Waals surface area contributed by atoms with Crippen LogP contribution in [0, 0.1) is 11.3 Å². The Labute approximate surface area is 167 Å². The molecule has 0 unspecified atom stereocenters. The number of hydrogen-bond acceptors (Lipinski definition) is 8. The minimum atomic E-state index is -3.32. The van der Waals surface area contributed by atoms with Crippen molar-refractivity contribution in [2.75, 3.05) is 36.9 Å². The summed E-state index contributed by atoms with van der Waals surface area (Å²) in [5, 5.41) is 21.1. The van der Waals surface area contributed by atoms with Crippen LogP contribution in [0.4, 0.5) is 11.6 Å². The Kier molecular flexibility index (Phi) is 4.44. The number of fused-ring (bicyclic) bond motifs is 1. The second-order valence-corrected chi connectivity index (χ2v) is 9.24. The fraction of sp³-hybridized carbons (Fsp3) is 0.412. The summed E-state index contributed by atoms with van der Waals surface area (Å²) in [6.45, 7) is 1.97. The maximum absolute atomic E-state index is 12.1. The largest absolute Gasteiger partial charge is 0.382 e. The molecule has 0 amide bonds. The normalized spacial score (nSPS) is 16.4. The third-order valence-electron chi connectivity index (χ3n) is 5.23. The molecule has 4 rings (SSSR count). The highest BCUT2D eigenvalue weighted by atomic mass is 32.2. The van der Waals surface area contributed by atoms with Crippen LogP contribution in [0.5, 0.6) is 0 Å². The number of nitriles is 1. The van der Waals surface area contributed by atoms with Crippen LogP contribution >= 0.6 is 0 Å². The van der Waals surface area contributed by atoms with Crippen LogP contribution in [0.1, 0.15) is 13.3 Å². The Balaban J connectivity index is 1.77. The summed E-state index contributed by atoms with van der Waals surface area (Å²) < 4.78 is 29.0. The van der Waals surface area contributed by atoms with Crippen molar-refractivity contribution in [2.45, 2.75) is 18.9 Å². The van der Waals surface area contributed by atoms with Crippen LogP contribution in [-0.4, -0.2) is 63.0 Å². The molecule has 1 fully saturated rings. The van der Waals surface area contributed by atoms with E-state index in [0.29, 0.717) is 22.7 Å². The van der Waals surface area contributed by atoms with Gasteiger partial charge in [-0.3, -0.25) is 4.68 Å². The van der Waals surface area contributed by atoms with Gasteiger partial charge in [-0.15, -0.1) is 0 Å². The van der Waals surface area contributed by atoms with E-state index in [4.69, 9.17) is 5.73 Å². The monoisotopic (exact) mass is 415 g/mol. The lowest BCUT2D eigenvalue weighted by Gasteiger charge is -2.47. The Morgan fingerprint density at radius 3 is 2.83 bits per heavy atom. The van der Waals surface area contributed by atoms with Crippen molar-refractivity contribution in [3.63, 3.8) is 0 Å². The highest BCUT2D eigenvalue weighted by molar-refractivity contribution is 7.89. The average molecular weight is 415 g/mol. The zero-order chi connectivity index (χ0) is 20.8. The van der Waals surface area contributed by atoms with E-state index in [1.54, 1.807) is 41.6 Å². The molecule has 0 aromatic carbocycles. The van der Waals surface area contributed by atoms with Crippen LogP contribution in [0.15, 0.2) is 24.5 Å². The van der Waals surface area contributed by atoms with Gasteiger partial charge in [-0.05, 0) is 6.92 Å². The van der Waals surface area contributed by atoms with E-state index in [2.05, 4.69) is 26.6 Å². The number of anilines is 2. The molecule has 0 bridgehead atoms. The van der Waals surface area contributed by atoms with E-state index in [0.717, 1.165) is 0 Å². The number of nitrogens with two attached hydrogens (primary N) is 1. The molecular weight excluding hydrogens is 394 g/mol. The fourth-order valence-electron chi connectivity index (χ4n) is 3.53. The van der Waals surface area contributed by atoms with Crippen molar-refractivity contribution in [3.8, 4) is 17.3 Å². The Morgan fingerprint density at radius 2 is 2.17 bits per heavy atom. The van der Waals surface area contributed by atoms with Gasteiger partial charge in [-0.2, -0.15) is 19.8 Å². The lowest BCUT2D eigenvalue weighted by Crippen LogP contribution is -2.64. The lowest BCUT2D eigenvalue weighted by molar-refractivity contribution is 0.0722. The van der Waals surface area contributed by atoms with Crippen molar-refractivity contribution < 1.29 is 8.42 Å². The molecule has 0 saturated carbocycles. The van der Waals surface area contributed by atoms with Gasteiger partial charge in [0.25, 0.3) is 0 Å². The molecule has 3 aromatic heterocycles. The van der Waals surface area contributed by atoms with Crippen LogP contribution < -0.4 is 11.1 Å². The minimum Gasteiger partial charge on any atom is -0.382 e. The first-order valence-corrected chi connectivity index (χ1v) is 10.7. The zero-order valence-corrected chi connectivity index (χ0v) is 16.9. The summed E-state index contributed by atoms with van der Waals surface area (Å²) in [6.07, 6.45) is 3.51. The predicted molar refractivity (Wildman–Crippen MR) is 107 cm³/mol. The van der Waals surface area contributed by atoms with Crippen molar-refractivity contribution in [1.29, 1.82) is 5.26 Å². The Hall–Kier alpha value is -3.17. The lowest BCUT2D eigenvalue weighted by atomic mass is 9.89. The number of sulfonamides is 1. The summed E-state index contributed by atoms with van der Waals surface area (Å²) in [4.78, 5) is 4.43. The first-order valence-electron chi connectivity index (χ1n) is 9.07. The third kappa shape index (κ3) is 2.99. The van der Waals surface area contributed by atoms with Gasteiger partial charge in [0.1, 0.15) is 11.4 Å². The van der Waals surface area contributed by atoms with Gasteiger partial charge in [-0.25, -0.2) is 17.9 Å². The first-order chi connectivity index (χ1) is 13.8. The van der Waals surface area contributed by atoms with Gasteiger partial charge in [-0.1, -0.05) is 0 Å². The predicted octanol–water partition coefficient (Wildman–Crippen LogP) is 0.491. The van der Waals surface area contributed by atoms with Crippen molar-refractivity contribution in [2.24, 2.45) is 0 Å². The molecule has 0 spiro atoms. The molecule has 1 aliphatic rings. The van der Waals surface area contributed by atoms with Crippen LogP contribution in [0.3, 0.4) is 0 Å². The third-order valence-corrected chi connectivity index (χ3v) is 7.00. The standard InChI is InChI=1S/C17H21N9O2S/c1-3-29(27,28)24-10-17(11-24,5-6-18)25-9-12(16(19)23-25)13-8-14(20-2)22-15-4-7-21-26(13)15/h4,7-9H,3,5,10-11H2,1-2H3,(H2,19,23)(H,20,22). The number of hydrogen-bond donors (Lipinski definition) is 2. The topological polar surface area (TPSA) is 147 Å². The van der Waals surface area contributed by atoms with E-state index in [-0.39, 0.29) is 31.1 Å². The SMILES string of the molecule is CCS(=O)(=O)N1CC(CC#N)(n2cc(-c3cc(NC)nc4ccnn34)c(N)n2)C1. The first kappa shape index (κ1) is 19.2. The molecule has 0 radical (unpaired) electrons. The average Bonchev–Trinajstić information content (AvgIpc) is 3.29. The molecule has 152 valence electrons. The van der Waals surface area contributed by atoms with Gasteiger partial charge < -0.3 is 11.1 Å².